The van der Waals surface area contributed by atoms with Crippen molar-refractivity contribution in [3.8, 4) is 39.8 Å². The van der Waals surface area contributed by atoms with E-state index in [1.807, 2.05) is 32.0 Å². The van der Waals surface area contributed by atoms with Crippen LogP contribution in [-0.4, -0.2) is 0 Å². The van der Waals surface area contributed by atoms with Crippen LogP contribution < -0.4 is 22.8 Å². The van der Waals surface area contributed by atoms with Crippen LogP contribution in [0.15, 0.2) is 174 Å². The van der Waals surface area contributed by atoms with Gasteiger partial charge in [0.05, 0.1) is 27.1 Å². The number of nitrogens with zero attached hydrogens (tertiary/aromatic N) is 5. The molecule has 552 valence electrons. The number of aryl methyl sites for hydroxylation is 7. The highest BCUT2D eigenvalue weighted by Gasteiger charge is 2.43. The van der Waals surface area contributed by atoms with Crippen molar-refractivity contribution in [2.24, 2.45) is 0 Å². The molecule has 0 aliphatic heterocycles. The van der Waals surface area contributed by atoms with Crippen LogP contribution in [0, 0.1) is 83.1 Å². The smallest absolute Gasteiger partial charge is 0.359 e. The van der Waals surface area contributed by atoms with Gasteiger partial charge in [0.1, 0.15) is 0 Å². The molecule has 104 heavy (non-hydrogen) atoms. The molecule has 13 rings (SSSR count). The molecule has 6 aromatic carbocycles. The molecule has 0 bridgehead atoms. The number of hydrogen-bond donors (Lipinski definition) is 0. The fourth-order valence-electron chi connectivity index (χ4n) is 14.7. The van der Waals surface area contributed by atoms with Crippen LogP contribution in [0.3, 0.4) is 0 Å². The second kappa shape index (κ2) is 32.4. The van der Waals surface area contributed by atoms with Crippen molar-refractivity contribution in [3.63, 3.8) is 0 Å². The molecule has 0 amide bonds. The van der Waals surface area contributed by atoms with Crippen molar-refractivity contribution in [1.29, 1.82) is 0 Å². The van der Waals surface area contributed by atoms with Gasteiger partial charge in [-0.25, -0.2) is 0 Å². The average Bonchev–Trinajstić information content (AvgIpc) is 1.63. The molecular weight excluding hydrogens is 1280 g/mol. The second-order valence-corrected chi connectivity index (χ2v) is 34.7. The van der Waals surface area contributed by atoms with E-state index in [0.717, 1.165) is 58.0 Å². The number of benzene rings is 6. The molecule has 2 aliphatic carbocycles. The van der Waals surface area contributed by atoms with Gasteiger partial charge in [-0.3, -0.25) is 0 Å². The van der Waals surface area contributed by atoms with Gasteiger partial charge in [-0.15, -0.1) is 22.8 Å². The largest absolute Gasteiger partial charge is 0.406 e. The average molecular weight is 1410 g/mol. The fraction of sp³-hybridized carbons (Fsp3) is 0.457. The van der Waals surface area contributed by atoms with Crippen molar-refractivity contribution >= 4 is 0 Å². The predicted octanol–water partition coefficient (Wildman–Crippen LogP) is 23.3. The zero-order valence-electron chi connectivity index (χ0n) is 68.7. The minimum Gasteiger partial charge on any atom is -0.406 e. The Bertz CT molecular complexity index is 4600. The zero-order chi connectivity index (χ0) is 76.1. The van der Waals surface area contributed by atoms with Crippen molar-refractivity contribution in [2.75, 3.05) is 0 Å². The fourth-order valence-corrected chi connectivity index (χ4v) is 14.7. The Morgan fingerprint density at radius 3 is 0.760 bits per heavy atom. The summed E-state index contributed by atoms with van der Waals surface area (Å²) in [7, 11) is 0. The molecule has 10 heteroatoms. The summed E-state index contributed by atoms with van der Waals surface area (Å²) in [4.78, 5) is 0. The van der Waals surface area contributed by atoms with Gasteiger partial charge in [0.2, 0.25) is 62.7 Å². The lowest BCUT2D eigenvalue weighted by atomic mass is 9.87. The Morgan fingerprint density at radius 1 is 0.250 bits per heavy atom. The number of oxazole rings is 5. The summed E-state index contributed by atoms with van der Waals surface area (Å²) < 4.78 is 42.8. The summed E-state index contributed by atoms with van der Waals surface area (Å²) >= 11 is 0. The van der Waals surface area contributed by atoms with E-state index in [-0.39, 0.29) is 27.1 Å². The minimum absolute atomic E-state index is 0.0100. The van der Waals surface area contributed by atoms with Gasteiger partial charge in [-0.2, -0.15) is 0 Å². The minimum atomic E-state index is -0.0833. The maximum atomic E-state index is 6.52. The van der Waals surface area contributed by atoms with Gasteiger partial charge in [0.25, 0.3) is 0 Å². The molecule has 10 nitrogen and oxygen atoms in total. The van der Waals surface area contributed by atoms with E-state index in [0.29, 0.717) is 11.8 Å². The molecule has 0 N–H and O–H groups in total. The van der Waals surface area contributed by atoms with Crippen LogP contribution in [0.2, 0.25) is 0 Å². The highest BCUT2D eigenvalue weighted by molar-refractivity contribution is 5.59. The topological polar surface area (TPSA) is 85.1 Å². The first-order chi connectivity index (χ1) is 48.8. The number of hydrogen-bond acceptors (Lipinski definition) is 5. The lowest BCUT2D eigenvalue weighted by Crippen LogP contribution is -2.41. The van der Waals surface area contributed by atoms with Crippen molar-refractivity contribution in [2.45, 2.75) is 284 Å². The molecule has 2 aliphatic rings. The lowest BCUT2D eigenvalue weighted by Gasteiger charge is -2.18. The second-order valence-electron chi connectivity index (χ2n) is 34.7. The van der Waals surface area contributed by atoms with Crippen molar-refractivity contribution in [1.82, 2.24) is 0 Å². The standard InChI is InChI=1S/C21H30NO.C21H24NO.C20H28NO.2C16H22NO/c2*1-15-11-9-10-14-18(15)22-16(2)19(17-12-7-6-8-13-17)23-20(22)21(3,4)5;1-14-10-6-9-13-17(14)21-15(2)18(16-11-7-8-12-16)22-19(21)20(3,4)5;2*1-11-9-7-8-10-14(11)17-12(2)13(3)18-15(17)16(4,5)6/h9-11,14,17H,6-8,12-13H2,1-5H3;6-14H,1-5H3;6,9-10,13,16H,7-8,11-12H2,1-5H3;2*7-10H,1-6H3/q5*+1. The van der Waals surface area contributed by atoms with Crippen LogP contribution in [0.4, 0.5) is 0 Å². The van der Waals surface area contributed by atoms with Crippen LogP contribution in [-0.2, 0) is 27.1 Å². The Hall–Kier alpha value is -8.63. The first-order valence-corrected chi connectivity index (χ1v) is 38.4. The van der Waals surface area contributed by atoms with Gasteiger partial charge in [-0.05, 0) is 164 Å². The molecular formula is C94H126N5O5+5. The highest BCUT2D eigenvalue weighted by atomic mass is 16.4. The van der Waals surface area contributed by atoms with Crippen LogP contribution >= 0.6 is 0 Å². The van der Waals surface area contributed by atoms with Crippen molar-refractivity contribution < 1.29 is 44.9 Å². The van der Waals surface area contributed by atoms with Gasteiger partial charge in [0, 0.05) is 124 Å². The van der Waals surface area contributed by atoms with Crippen LogP contribution in [0.5, 0.6) is 0 Å². The SMILES string of the molecule is Cc1ccccc1-[n+]1c(C(C)(C)C)oc(-c2ccccc2)c1C.Cc1ccccc1-[n+]1c(C(C)(C)C)oc(C)c1C.Cc1ccccc1-[n+]1c(C(C)(C)C)oc(C)c1C.Cc1ccccc1-[n+]1c(C(C)(C)C)oc(C2CCCC2)c1C.Cc1ccccc1-[n+]1c(C(C)(C)C)oc(C2CCCCC2)c1C. The van der Waals surface area contributed by atoms with Gasteiger partial charge < -0.3 is 22.1 Å². The normalized spacial score (nSPS) is 13.9. The third-order valence-electron chi connectivity index (χ3n) is 20.6. The summed E-state index contributed by atoms with van der Waals surface area (Å²) in [5, 5.41) is 0. The third-order valence-corrected chi connectivity index (χ3v) is 20.6. The summed E-state index contributed by atoms with van der Waals surface area (Å²) in [6, 6.07) is 52.8. The Balaban J connectivity index is 0.000000151. The molecule has 11 aromatic rings. The van der Waals surface area contributed by atoms with E-state index < -0.39 is 0 Å². The Labute approximate surface area is 625 Å². The summed E-state index contributed by atoms with van der Waals surface area (Å²) in [6.45, 7) is 58.7. The van der Waals surface area contributed by atoms with Gasteiger partial charge in [-0.1, -0.05) is 153 Å². The lowest BCUT2D eigenvalue weighted by molar-refractivity contribution is -0.620. The van der Waals surface area contributed by atoms with E-state index in [1.165, 1.54) is 148 Å². The molecule has 0 saturated heterocycles. The van der Waals surface area contributed by atoms with Gasteiger partial charge >= 0.3 is 29.5 Å². The summed E-state index contributed by atoms with van der Waals surface area (Å²) in [6.07, 6.45) is 11.8. The molecule has 0 unspecified atom stereocenters. The first kappa shape index (κ1) is 79.5. The molecule has 0 atom stereocenters. The maximum Gasteiger partial charge on any atom is 0.359 e. The van der Waals surface area contributed by atoms with Crippen LogP contribution in [0.1, 0.15) is 282 Å². The Kier molecular flexibility index (Phi) is 24.8. The Morgan fingerprint density at radius 2 is 0.481 bits per heavy atom. The van der Waals surface area contributed by atoms with E-state index in [1.54, 1.807) is 0 Å². The van der Waals surface area contributed by atoms with E-state index in [9.17, 15) is 0 Å². The summed E-state index contributed by atoms with van der Waals surface area (Å²) in [5.41, 5.74) is 19.5. The van der Waals surface area contributed by atoms with Crippen LogP contribution in [0.25, 0.3) is 39.8 Å². The zero-order valence-corrected chi connectivity index (χ0v) is 68.7. The molecule has 2 saturated carbocycles. The quantitative estimate of drug-likeness (QED) is 0.142. The van der Waals surface area contributed by atoms with Gasteiger partial charge in [0.15, 0.2) is 23.0 Å². The molecule has 0 spiro atoms. The molecule has 5 heterocycles. The number of aromatic nitrogens is 5. The predicted molar refractivity (Wildman–Crippen MR) is 424 cm³/mol. The number of para-hydroxylation sites is 5. The molecule has 5 aromatic heterocycles. The molecule has 0 radical (unpaired) electrons. The molecule has 2 fully saturated rings. The maximum absolute atomic E-state index is 6.52. The third kappa shape index (κ3) is 17.8. The highest BCUT2D eigenvalue weighted by Crippen LogP contribution is 2.40. The number of rotatable bonds is 8. The monoisotopic (exact) mass is 1400 g/mol. The van der Waals surface area contributed by atoms with E-state index in [4.69, 9.17) is 22.1 Å². The first-order valence-electron chi connectivity index (χ1n) is 38.4. The van der Waals surface area contributed by atoms with E-state index in [2.05, 4.69) is 329 Å². The summed E-state index contributed by atoms with van der Waals surface area (Å²) in [5.74, 6) is 11.7. The van der Waals surface area contributed by atoms with Crippen molar-refractivity contribution in [3.05, 3.63) is 260 Å². The van der Waals surface area contributed by atoms with E-state index >= 15 is 0 Å².